The number of rotatable bonds is 6. The molecule has 2 N–H and O–H groups in total. The number of sulfone groups is 1. The Morgan fingerprint density at radius 1 is 1.45 bits per heavy atom. The predicted molar refractivity (Wildman–Crippen MR) is 83.3 cm³/mol. The lowest BCUT2D eigenvalue weighted by Crippen LogP contribution is -2.48. The van der Waals surface area contributed by atoms with Crippen LogP contribution in [0.25, 0.3) is 0 Å². The molecule has 0 saturated carbocycles. The second kappa shape index (κ2) is 7.33. The Kier molecular flexibility index (Phi) is 6.35. The second-order valence-corrected chi connectivity index (χ2v) is 8.03. The number of nitrogens with two attached hydrogens (primary N) is 1. The van der Waals surface area contributed by atoms with Crippen LogP contribution < -0.4 is 5.73 Å². The molecule has 0 aromatic carbocycles. The number of hydrogen-bond acceptors (Lipinski definition) is 5. The van der Waals surface area contributed by atoms with Gasteiger partial charge in [-0.25, -0.2) is 8.42 Å². The van der Waals surface area contributed by atoms with E-state index in [2.05, 4.69) is 4.90 Å². The number of amides is 1. The number of carbonyl (C=O) groups is 1. The van der Waals surface area contributed by atoms with Crippen molar-refractivity contribution in [1.29, 1.82) is 0 Å². The SMILES string of the molecule is CC1CS(=O)(=O)CCN1CCC(=O)N(C)CCC(N)=S. The standard InChI is InChI=1S/C12H23N3O3S2/c1-10-9-20(17,18)8-7-15(10)6-4-12(16)14(2)5-3-11(13)19/h10H,3-9H2,1-2H3,(H2,13,19). The van der Waals surface area contributed by atoms with Crippen LogP contribution in [0.5, 0.6) is 0 Å². The number of nitrogens with zero attached hydrogens (tertiary/aromatic N) is 2. The molecule has 0 radical (unpaired) electrons. The monoisotopic (exact) mass is 321 g/mol. The van der Waals surface area contributed by atoms with Gasteiger partial charge in [-0.1, -0.05) is 12.2 Å². The summed E-state index contributed by atoms with van der Waals surface area (Å²) >= 11 is 4.78. The maximum Gasteiger partial charge on any atom is 0.223 e. The molecule has 0 bridgehead atoms. The largest absolute Gasteiger partial charge is 0.393 e. The van der Waals surface area contributed by atoms with Gasteiger partial charge in [-0.2, -0.15) is 0 Å². The van der Waals surface area contributed by atoms with E-state index in [1.165, 1.54) is 0 Å². The summed E-state index contributed by atoms with van der Waals surface area (Å²) in [4.78, 5) is 16.0. The maximum absolute atomic E-state index is 11.9. The molecule has 0 aliphatic carbocycles. The normalized spacial score (nSPS) is 22.4. The van der Waals surface area contributed by atoms with Gasteiger partial charge in [-0.15, -0.1) is 0 Å². The zero-order valence-electron chi connectivity index (χ0n) is 12.0. The topological polar surface area (TPSA) is 83.7 Å². The predicted octanol–water partition coefficient (Wildman–Crippen LogP) is -0.370. The van der Waals surface area contributed by atoms with Crippen molar-refractivity contribution >= 4 is 33.0 Å². The van der Waals surface area contributed by atoms with Gasteiger partial charge in [0.15, 0.2) is 9.84 Å². The number of hydrogen-bond donors (Lipinski definition) is 1. The Hall–Kier alpha value is -0.730. The van der Waals surface area contributed by atoms with Crippen LogP contribution in [0.15, 0.2) is 0 Å². The molecular weight excluding hydrogens is 298 g/mol. The minimum Gasteiger partial charge on any atom is -0.393 e. The van der Waals surface area contributed by atoms with Crippen LogP contribution in [0.1, 0.15) is 19.8 Å². The van der Waals surface area contributed by atoms with Crippen LogP contribution in [0.2, 0.25) is 0 Å². The van der Waals surface area contributed by atoms with E-state index in [9.17, 15) is 13.2 Å². The molecule has 0 aromatic rings. The molecule has 1 fully saturated rings. The third-order valence-corrected chi connectivity index (χ3v) is 5.54. The van der Waals surface area contributed by atoms with Crippen LogP contribution in [0.4, 0.5) is 0 Å². The highest BCUT2D eigenvalue weighted by molar-refractivity contribution is 7.91. The Morgan fingerprint density at radius 3 is 2.65 bits per heavy atom. The average molecular weight is 321 g/mol. The average Bonchev–Trinajstić information content (AvgIpc) is 2.33. The summed E-state index contributed by atoms with van der Waals surface area (Å²) in [5.41, 5.74) is 5.40. The van der Waals surface area contributed by atoms with Crippen LogP contribution >= 0.6 is 12.2 Å². The summed E-state index contributed by atoms with van der Waals surface area (Å²) in [5, 5.41) is 0. The molecule has 0 spiro atoms. The first-order valence-corrected chi connectivity index (χ1v) is 8.91. The van der Waals surface area contributed by atoms with Gasteiger partial charge in [-0.05, 0) is 6.92 Å². The summed E-state index contributed by atoms with van der Waals surface area (Å²) in [6, 6.07) is -0.0246. The minimum atomic E-state index is -2.90. The fourth-order valence-electron chi connectivity index (χ4n) is 2.20. The van der Waals surface area contributed by atoms with Gasteiger partial charge >= 0.3 is 0 Å². The second-order valence-electron chi connectivity index (χ2n) is 5.28. The van der Waals surface area contributed by atoms with E-state index in [1.54, 1.807) is 11.9 Å². The first kappa shape index (κ1) is 17.3. The molecule has 8 heteroatoms. The zero-order chi connectivity index (χ0) is 15.3. The molecule has 1 heterocycles. The molecule has 1 aliphatic rings. The highest BCUT2D eigenvalue weighted by Crippen LogP contribution is 2.12. The molecule has 6 nitrogen and oxygen atoms in total. The Labute approximate surface area is 126 Å². The van der Waals surface area contributed by atoms with Gasteiger partial charge in [0.2, 0.25) is 5.91 Å². The van der Waals surface area contributed by atoms with E-state index in [1.807, 2.05) is 6.92 Å². The van der Waals surface area contributed by atoms with E-state index < -0.39 is 9.84 Å². The lowest BCUT2D eigenvalue weighted by atomic mass is 10.2. The van der Waals surface area contributed by atoms with E-state index >= 15 is 0 Å². The van der Waals surface area contributed by atoms with Gasteiger partial charge in [0, 0.05) is 45.6 Å². The highest BCUT2D eigenvalue weighted by atomic mass is 32.2. The van der Waals surface area contributed by atoms with Crippen molar-refractivity contribution in [3.63, 3.8) is 0 Å². The zero-order valence-corrected chi connectivity index (χ0v) is 13.7. The van der Waals surface area contributed by atoms with Crippen LogP contribution in [0, 0.1) is 0 Å². The van der Waals surface area contributed by atoms with Crippen molar-refractivity contribution in [1.82, 2.24) is 9.80 Å². The molecule has 1 amide bonds. The quantitative estimate of drug-likeness (QED) is 0.672. The summed E-state index contributed by atoms with van der Waals surface area (Å²) in [6.07, 6.45) is 0.911. The Balaban J connectivity index is 2.36. The molecule has 1 aliphatic heterocycles. The van der Waals surface area contributed by atoms with Gasteiger partial charge in [0.05, 0.1) is 16.5 Å². The fraction of sp³-hybridized carbons (Fsp3) is 0.833. The van der Waals surface area contributed by atoms with Gasteiger partial charge in [-0.3, -0.25) is 9.69 Å². The highest BCUT2D eigenvalue weighted by Gasteiger charge is 2.28. The Morgan fingerprint density at radius 2 is 2.10 bits per heavy atom. The summed E-state index contributed by atoms with van der Waals surface area (Å²) in [5.74, 6) is 0.392. The molecular formula is C12H23N3O3S2. The smallest absolute Gasteiger partial charge is 0.223 e. The van der Waals surface area contributed by atoms with Gasteiger partial charge < -0.3 is 10.6 Å². The Bertz CT molecular complexity index is 465. The van der Waals surface area contributed by atoms with Crippen LogP contribution in [-0.4, -0.2) is 73.3 Å². The fourth-order valence-corrected chi connectivity index (χ4v) is 3.91. The van der Waals surface area contributed by atoms with Crippen molar-refractivity contribution in [3.05, 3.63) is 0 Å². The molecule has 1 unspecified atom stereocenters. The van der Waals surface area contributed by atoms with E-state index in [0.29, 0.717) is 37.5 Å². The number of thiocarbonyl (C=S) groups is 1. The molecule has 1 rings (SSSR count). The first-order chi connectivity index (χ1) is 9.21. The first-order valence-electron chi connectivity index (χ1n) is 6.68. The van der Waals surface area contributed by atoms with E-state index in [4.69, 9.17) is 18.0 Å². The molecule has 0 aromatic heterocycles. The van der Waals surface area contributed by atoms with Crippen molar-refractivity contribution in [2.24, 2.45) is 5.73 Å². The molecule has 1 atom stereocenters. The van der Waals surface area contributed by atoms with E-state index in [-0.39, 0.29) is 23.5 Å². The molecule has 1 saturated heterocycles. The summed E-state index contributed by atoms with van der Waals surface area (Å²) in [6.45, 7) is 3.51. The van der Waals surface area contributed by atoms with E-state index in [0.717, 1.165) is 0 Å². The van der Waals surface area contributed by atoms with Crippen molar-refractivity contribution < 1.29 is 13.2 Å². The third kappa shape index (κ3) is 5.72. The van der Waals surface area contributed by atoms with Crippen molar-refractivity contribution in [3.8, 4) is 0 Å². The minimum absolute atomic E-state index is 0.0246. The lowest BCUT2D eigenvalue weighted by molar-refractivity contribution is -0.130. The van der Waals surface area contributed by atoms with Crippen LogP contribution in [0.3, 0.4) is 0 Å². The molecule has 20 heavy (non-hydrogen) atoms. The maximum atomic E-state index is 11.9. The van der Waals surface area contributed by atoms with Gasteiger partial charge in [0.1, 0.15) is 0 Å². The van der Waals surface area contributed by atoms with Gasteiger partial charge in [0.25, 0.3) is 0 Å². The third-order valence-electron chi connectivity index (χ3n) is 3.54. The van der Waals surface area contributed by atoms with Crippen LogP contribution in [-0.2, 0) is 14.6 Å². The molecule has 116 valence electrons. The van der Waals surface area contributed by atoms with Crippen molar-refractivity contribution in [2.75, 3.05) is 38.2 Å². The summed E-state index contributed by atoms with van der Waals surface area (Å²) < 4.78 is 23.0. The van der Waals surface area contributed by atoms with Crippen molar-refractivity contribution in [2.45, 2.75) is 25.8 Å². The summed E-state index contributed by atoms with van der Waals surface area (Å²) in [7, 11) is -1.18. The lowest BCUT2D eigenvalue weighted by Gasteiger charge is -2.33. The number of carbonyl (C=O) groups excluding carboxylic acids is 1.